The van der Waals surface area contributed by atoms with Gasteiger partial charge in [0.25, 0.3) is 0 Å². The van der Waals surface area contributed by atoms with Gasteiger partial charge in [-0.2, -0.15) is 0 Å². The molecule has 0 spiro atoms. The molecule has 1 saturated heterocycles. The number of para-hydroxylation sites is 1. The molecule has 0 aliphatic carbocycles. The lowest BCUT2D eigenvalue weighted by Gasteiger charge is -2.32. The van der Waals surface area contributed by atoms with Crippen molar-refractivity contribution in [2.45, 2.75) is 52.7 Å². The largest absolute Gasteiger partial charge is 0.495 e. The number of furan rings is 1. The van der Waals surface area contributed by atoms with E-state index >= 15 is 0 Å². The zero-order valence-electron chi connectivity index (χ0n) is 20.8. The molecule has 1 aliphatic rings. The van der Waals surface area contributed by atoms with Gasteiger partial charge in [-0.15, -0.1) is 0 Å². The lowest BCUT2D eigenvalue weighted by molar-refractivity contribution is 0.00578. The SMILES string of the molecule is CC.CC1(C)OB(c2cccc3c(-c4ccc5c(c4)oc4ccccc45)cccc23)OC1(C)C. The Balaban J connectivity index is 0.00000117. The molecule has 0 N–H and O–H groups in total. The van der Waals surface area contributed by atoms with Gasteiger partial charge in [-0.05, 0) is 73.3 Å². The topological polar surface area (TPSA) is 31.6 Å². The molecule has 4 heteroatoms. The van der Waals surface area contributed by atoms with Gasteiger partial charge in [0.2, 0.25) is 0 Å². The highest BCUT2D eigenvalue weighted by Gasteiger charge is 2.52. The zero-order valence-corrected chi connectivity index (χ0v) is 20.8. The maximum atomic E-state index is 6.36. The van der Waals surface area contributed by atoms with Gasteiger partial charge in [-0.25, -0.2) is 0 Å². The first kappa shape index (κ1) is 22.7. The van der Waals surface area contributed by atoms with E-state index in [0.717, 1.165) is 38.4 Å². The van der Waals surface area contributed by atoms with Crippen LogP contribution in [0.3, 0.4) is 0 Å². The van der Waals surface area contributed by atoms with E-state index in [0.29, 0.717) is 0 Å². The van der Waals surface area contributed by atoms with E-state index in [1.807, 2.05) is 32.0 Å². The van der Waals surface area contributed by atoms with Gasteiger partial charge < -0.3 is 13.7 Å². The van der Waals surface area contributed by atoms with Crippen molar-refractivity contribution in [3.8, 4) is 11.1 Å². The Morgan fingerprint density at radius 2 is 1.21 bits per heavy atom. The van der Waals surface area contributed by atoms with Crippen LogP contribution in [0.1, 0.15) is 41.5 Å². The van der Waals surface area contributed by atoms with Gasteiger partial charge in [-0.3, -0.25) is 0 Å². The lowest BCUT2D eigenvalue weighted by atomic mass is 9.75. The molecule has 4 aromatic carbocycles. The van der Waals surface area contributed by atoms with Crippen molar-refractivity contribution in [1.29, 1.82) is 0 Å². The fraction of sp³-hybridized carbons (Fsp3) is 0.267. The van der Waals surface area contributed by atoms with Crippen LogP contribution < -0.4 is 5.46 Å². The number of hydrogen-bond acceptors (Lipinski definition) is 3. The summed E-state index contributed by atoms with van der Waals surface area (Å²) in [5.41, 5.74) is 4.45. The van der Waals surface area contributed by atoms with E-state index in [1.165, 1.54) is 10.9 Å². The van der Waals surface area contributed by atoms with Gasteiger partial charge in [-0.1, -0.05) is 74.5 Å². The molecule has 0 bridgehead atoms. The maximum absolute atomic E-state index is 6.36. The molecule has 34 heavy (non-hydrogen) atoms. The third-order valence-electron chi connectivity index (χ3n) is 7.15. The Morgan fingerprint density at radius 1 is 0.588 bits per heavy atom. The van der Waals surface area contributed by atoms with E-state index in [9.17, 15) is 0 Å². The van der Waals surface area contributed by atoms with Crippen molar-refractivity contribution in [3.05, 3.63) is 78.9 Å². The summed E-state index contributed by atoms with van der Waals surface area (Å²) in [5, 5.41) is 4.61. The van der Waals surface area contributed by atoms with Crippen LogP contribution >= 0.6 is 0 Å². The van der Waals surface area contributed by atoms with Gasteiger partial charge >= 0.3 is 7.12 Å². The van der Waals surface area contributed by atoms with Crippen LogP contribution in [0.15, 0.2) is 83.3 Å². The first-order chi connectivity index (χ1) is 16.3. The summed E-state index contributed by atoms with van der Waals surface area (Å²) in [6, 6.07) is 27.5. The highest BCUT2D eigenvalue weighted by molar-refractivity contribution is 6.65. The molecule has 0 saturated carbocycles. The fourth-order valence-corrected chi connectivity index (χ4v) is 4.66. The Morgan fingerprint density at radius 3 is 1.97 bits per heavy atom. The molecule has 6 rings (SSSR count). The van der Waals surface area contributed by atoms with Crippen molar-refractivity contribution in [2.75, 3.05) is 0 Å². The molecule has 0 amide bonds. The Labute approximate surface area is 201 Å². The molecule has 1 aliphatic heterocycles. The normalized spacial score (nSPS) is 16.7. The van der Waals surface area contributed by atoms with E-state index in [2.05, 4.69) is 88.4 Å². The van der Waals surface area contributed by atoms with E-state index in [1.54, 1.807) is 0 Å². The minimum absolute atomic E-state index is 0.371. The fourth-order valence-electron chi connectivity index (χ4n) is 4.66. The predicted octanol–water partition coefficient (Wildman–Crippen LogP) is 7.73. The first-order valence-corrected chi connectivity index (χ1v) is 12.1. The summed E-state index contributed by atoms with van der Waals surface area (Å²) in [5.74, 6) is 0. The van der Waals surface area contributed by atoms with Gasteiger partial charge in [0.1, 0.15) is 11.2 Å². The van der Waals surface area contributed by atoms with Crippen LogP contribution in [0, 0.1) is 0 Å². The highest BCUT2D eigenvalue weighted by atomic mass is 16.7. The summed E-state index contributed by atoms with van der Waals surface area (Å²) in [4.78, 5) is 0. The van der Waals surface area contributed by atoms with Crippen molar-refractivity contribution in [2.24, 2.45) is 0 Å². The van der Waals surface area contributed by atoms with Gasteiger partial charge in [0.15, 0.2) is 0 Å². The van der Waals surface area contributed by atoms with Crippen molar-refractivity contribution < 1.29 is 13.7 Å². The number of hydrogen-bond donors (Lipinski definition) is 0. The molecule has 0 unspecified atom stereocenters. The summed E-state index contributed by atoms with van der Waals surface area (Å²) < 4.78 is 18.9. The van der Waals surface area contributed by atoms with Crippen molar-refractivity contribution in [1.82, 2.24) is 0 Å². The molecule has 5 aromatic rings. The second-order valence-electron chi connectivity index (χ2n) is 9.65. The second kappa shape index (κ2) is 8.30. The molecular weight excluding hydrogens is 419 g/mol. The van der Waals surface area contributed by atoms with Crippen LogP contribution in [-0.2, 0) is 9.31 Å². The molecule has 0 atom stereocenters. The minimum Gasteiger partial charge on any atom is -0.456 e. The third-order valence-corrected chi connectivity index (χ3v) is 7.15. The Hall–Kier alpha value is -3.08. The molecule has 172 valence electrons. The van der Waals surface area contributed by atoms with Crippen LogP contribution in [0.25, 0.3) is 43.8 Å². The van der Waals surface area contributed by atoms with E-state index in [-0.39, 0.29) is 11.2 Å². The van der Waals surface area contributed by atoms with Gasteiger partial charge in [0, 0.05) is 10.8 Å². The first-order valence-electron chi connectivity index (χ1n) is 12.1. The monoisotopic (exact) mass is 450 g/mol. The quantitative estimate of drug-likeness (QED) is 0.258. The molecule has 3 nitrogen and oxygen atoms in total. The third kappa shape index (κ3) is 3.53. The van der Waals surface area contributed by atoms with Crippen LogP contribution in [0.4, 0.5) is 0 Å². The summed E-state index contributed by atoms with van der Waals surface area (Å²) >= 11 is 0. The summed E-state index contributed by atoms with van der Waals surface area (Å²) in [6.45, 7) is 12.4. The highest BCUT2D eigenvalue weighted by Crippen LogP contribution is 2.38. The number of rotatable bonds is 2. The summed E-state index contributed by atoms with van der Waals surface area (Å²) in [7, 11) is -0.392. The molecule has 1 aromatic heterocycles. The molecule has 1 fully saturated rings. The Kier molecular flexibility index (Phi) is 5.54. The average molecular weight is 450 g/mol. The van der Waals surface area contributed by atoms with Crippen LogP contribution in [0.2, 0.25) is 0 Å². The smallest absolute Gasteiger partial charge is 0.456 e. The summed E-state index contributed by atoms with van der Waals surface area (Å²) in [6.07, 6.45) is 0. The minimum atomic E-state index is -0.392. The van der Waals surface area contributed by atoms with Gasteiger partial charge in [0.05, 0.1) is 11.2 Å². The van der Waals surface area contributed by atoms with E-state index in [4.69, 9.17) is 13.7 Å². The molecule has 2 heterocycles. The molecular formula is C30H31BO3. The zero-order chi connectivity index (χ0) is 24.1. The molecule has 0 radical (unpaired) electrons. The average Bonchev–Trinajstić information content (AvgIpc) is 3.31. The second-order valence-corrected chi connectivity index (χ2v) is 9.65. The maximum Gasteiger partial charge on any atom is 0.495 e. The standard InChI is InChI=1S/C28H25BO3.C2H6/c1-27(2)28(3,4)32-29(31-27)24-13-8-11-20-19(10-7-12-21(20)24)18-15-16-23-22-9-5-6-14-25(22)30-26(23)17-18;1-2/h5-17H,1-4H3;1-2H3. The van der Waals surface area contributed by atoms with E-state index < -0.39 is 7.12 Å². The van der Waals surface area contributed by atoms with Crippen LogP contribution in [0.5, 0.6) is 0 Å². The van der Waals surface area contributed by atoms with Crippen LogP contribution in [-0.4, -0.2) is 18.3 Å². The predicted molar refractivity (Wildman–Crippen MR) is 144 cm³/mol. The number of benzene rings is 4. The Bertz CT molecular complexity index is 1480. The lowest BCUT2D eigenvalue weighted by Crippen LogP contribution is -2.41. The number of fused-ring (bicyclic) bond motifs is 4. The van der Waals surface area contributed by atoms with Crippen molar-refractivity contribution >= 4 is 45.3 Å². The van der Waals surface area contributed by atoms with Crippen molar-refractivity contribution in [3.63, 3.8) is 0 Å².